The first-order valence-electron chi connectivity index (χ1n) is 26.1. The number of phosphoric acid groups is 1. The molecule has 0 aliphatic carbocycles. The summed E-state index contributed by atoms with van der Waals surface area (Å²) in [6.45, 7) is 4.06. The molecule has 0 aliphatic rings. The van der Waals surface area contributed by atoms with Gasteiger partial charge in [-0.25, -0.2) is 4.57 Å². The van der Waals surface area contributed by atoms with Gasteiger partial charge >= 0.3 is 7.82 Å². The Morgan fingerprint density at radius 1 is 0.475 bits per heavy atom. The third kappa shape index (κ3) is 48.2. The minimum atomic E-state index is -4.71. The summed E-state index contributed by atoms with van der Waals surface area (Å²) >= 11 is 0. The lowest BCUT2D eigenvalue weighted by Gasteiger charge is -2.22. The Morgan fingerprint density at radius 3 is 1.03 bits per heavy atom. The van der Waals surface area contributed by atoms with Crippen molar-refractivity contribution >= 4 is 13.7 Å². The van der Waals surface area contributed by atoms with Crippen LogP contribution in [0.5, 0.6) is 0 Å². The van der Waals surface area contributed by atoms with Gasteiger partial charge in [-0.15, -0.1) is 0 Å². The number of allylic oxidation sites excluding steroid dienone is 1. The predicted molar refractivity (Wildman–Crippen MR) is 255 cm³/mol. The molecule has 7 nitrogen and oxygen atoms in total. The molecule has 0 aromatic rings. The molecule has 352 valence electrons. The molecule has 2 atom stereocenters. The second-order valence-electron chi connectivity index (χ2n) is 18.2. The molecule has 0 spiro atoms. The van der Waals surface area contributed by atoms with E-state index in [1.165, 1.54) is 231 Å². The summed E-state index contributed by atoms with van der Waals surface area (Å²) in [5, 5.41) is 13.4. The van der Waals surface area contributed by atoms with E-state index in [1.54, 1.807) is 6.08 Å². The summed E-state index contributed by atoms with van der Waals surface area (Å²) in [4.78, 5) is 30.9. The van der Waals surface area contributed by atoms with Crippen LogP contribution in [-0.2, 0) is 13.9 Å². The molecule has 0 rings (SSSR count). The van der Waals surface area contributed by atoms with Gasteiger partial charge in [0, 0.05) is 6.42 Å². The third-order valence-corrected chi connectivity index (χ3v) is 12.7. The van der Waals surface area contributed by atoms with Crippen molar-refractivity contribution < 1.29 is 28.8 Å². The van der Waals surface area contributed by atoms with E-state index in [4.69, 9.17) is 9.79 Å². The van der Waals surface area contributed by atoms with Crippen molar-refractivity contribution in [3.63, 3.8) is 0 Å². The molecule has 0 aromatic heterocycles. The topological polar surface area (TPSA) is 116 Å². The van der Waals surface area contributed by atoms with Crippen LogP contribution in [0.2, 0.25) is 0 Å². The minimum absolute atomic E-state index is 0.222. The maximum Gasteiger partial charge on any atom is 0.469 e. The second-order valence-corrected chi connectivity index (χ2v) is 19.4. The molecular weight excluding hydrogens is 754 g/mol. The first-order chi connectivity index (χ1) is 28.8. The molecule has 1 amide bonds. The predicted octanol–water partition coefficient (Wildman–Crippen LogP) is 16.3. The first-order valence-corrected chi connectivity index (χ1v) is 27.7. The van der Waals surface area contributed by atoms with Crippen LogP contribution >= 0.6 is 7.82 Å². The maximum atomic E-state index is 12.6. The Kier molecular flexibility index (Phi) is 46.2. The summed E-state index contributed by atoms with van der Waals surface area (Å²) in [7, 11) is -4.71. The number of amides is 1. The Labute approximate surface area is 367 Å². The average Bonchev–Trinajstić information content (AvgIpc) is 3.21. The van der Waals surface area contributed by atoms with Crippen molar-refractivity contribution in [1.29, 1.82) is 0 Å². The van der Waals surface area contributed by atoms with Crippen LogP contribution in [0.1, 0.15) is 290 Å². The fourth-order valence-electron chi connectivity index (χ4n) is 8.29. The van der Waals surface area contributed by atoms with Gasteiger partial charge < -0.3 is 20.2 Å². The molecule has 0 heterocycles. The Bertz CT molecular complexity index is 926. The molecule has 0 saturated carbocycles. The molecule has 0 radical (unpaired) electrons. The normalized spacial score (nSPS) is 13.1. The number of aliphatic hydroxyl groups excluding tert-OH is 1. The monoisotopic (exact) mass is 856 g/mol. The molecule has 0 unspecified atom stereocenters. The molecule has 4 N–H and O–H groups in total. The number of unbranched alkanes of at least 4 members (excludes halogenated alkanes) is 40. The van der Waals surface area contributed by atoms with Gasteiger partial charge in [0.2, 0.25) is 5.91 Å². The zero-order valence-corrected chi connectivity index (χ0v) is 40.3. The number of nitrogens with one attached hydrogen (secondary N) is 1. The first kappa shape index (κ1) is 58.3. The molecule has 0 saturated heterocycles. The highest BCUT2D eigenvalue weighted by atomic mass is 31.2. The summed E-state index contributed by atoms with van der Waals surface area (Å²) in [6.07, 6.45) is 58.8. The van der Waals surface area contributed by atoms with Crippen molar-refractivity contribution in [1.82, 2.24) is 5.32 Å². The standard InChI is InChI=1S/C51H102NO6P/c1-3-5-7-9-11-13-14-15-16-17-18-19-20-21-22-23-24-25-26-27-28-29-30-31-32-33-34-35-36-37-39-41-43-45-47-51(54)52-49(48-58-59(55,56)57)50(53)46-44-42-40-38-12-10-8-6-4-2/h44,46,49-50,53H,3-43,45,47-48H2,1-2H3,(H,52,54)(H2,55,56,57)/b46-44+/t49-,50+/m0/s1. The lowest BCUT2D eigenvalue weighted by atomic mass is 10.0. The summed E-state index contributed by atoms with van der Waals surface area (Å²) in [5.41, 5.74) is 0. The van der Waals surface area contributed by atoms with E-state index in [0.29, 0.717) is 6.42 Å². The number of hydrogen-bond donors (Lipinski definition) is 4. The van der Waals surface area contributed by atoms with Crippen LogP contribution in [0.4, 0.5) is 0 Å². The van der Waals surface area contributed by atoms with Gasteiger partial charge in [0.25, 0.3) is 0 Å². The van der Waals surface area contributed by atoms with Gasteiger partial charge in [-0.2, -0.15) is 0 Å². The smallest absolute Gasteiger partial charge is 0.387 e. The van der Waals surface area contributed by atoms with Gasteiger partial charge in [-0.3, -0.25) is 9.32 Å². The lowest BCUT2D eigenvalue weighted by Crippen LogP contribution is -2.45. The highest BCUT2D eigenvalue weighted by molar-refractivity contribution is 7.46. The van der Waals surface area contributed by atoms with Crippen LogP contribution < -0.4 is 5.32 Å². The van der Waals surface area contributed by atoms with E-state index in [9.17, 15) is 14.5 Å². The number of rotatable bonds is 49. The number of hydrogen-bond acceptors (Lipinski definition) is 4. The quantitative estimate of drug-likeness (QED) is 0.0275. The highest BCUT2D eigenvalue weighted by Crippen LogP contribution is 2.36. The van der Waals surface area contributed by atoms with Gasteiger partial charge in [-0.05, 0) is 19.3 Å². The van der Waals surface area contributed by atoms with Gasteiger partial charge in [0.05, 0.1) is 18.8 Å². The van der Waals surface area contributed by atoms with Crippen molar-refractivity contribution in [3.8, 4) is 0 Å². The van der Waals surface area contributed by atoms with E-state index in [2.05, 4.69) is 23.7 Å². The molecular formula is C51H102NO6P. The molecule has 0 aromatic carbocycles. The van der Waals surface area contributed by atoms with E-state index in [-0.39, 0.29) is 5.91 Å². The number of aliphatic hydroxyl groups is 1. The Morgan fingerprint density at radius 2 is 0.746 bits per heavy atom. The van der Waals surface area contributed by atoms with E-state index < -0.39 is 26.6 Å². The highest BCUT2D eigenvalue weighted by Gasteiger charge is 2.24. The van der Waals surface area contributed by atoms with Crippen molar-refractivity contribution in [2.24, 2.45) is 0 Å². The zero-order valence-electron chi connectivity index (χ0n) is 39.4. The van der Waals surface area contributed by atoms with Crippen LogP contribution in [0.25, 0.3) is 0 Å². The van der Waals surface area contributed by atoms with Gasteiger partial charge in [-0.1, -0.05) is 276 Å². The van der Waals surface area contributed by atoms with E-state index >= 15 is 0 Å². The number of carbonyl (C=O) groups is 1. The van der Waals surface area contributed by atoms with Gasteiger partial charge in [0.1, 0.15) is 0 Å². The summed E-state index contributed by atoms with van der Waals surface area (Å²) in [5.74, 6) is -0.222. The lowest BCUT2D eigenvalue weighted by molar-refractivity contribution is -0.123. The van der Waals surface area contributed by atoms with Crippen molar-refractivity contribution in [2.75, 3.05) is 6.61 Å². The van der Waals surface area contributed by atoms with Crippen LogP contribution in [0.15, 0.2) is 12.2 Å². The summed E-state index contributed by atoms with van der Waals surface area (Å²) in [6, 6.07) is -0.904. The number of carbonyl (C=O) groups excluding carboxylic acids is 1. The summed E-state index contributed by atoms with van der Waals surface area (Å²) < 4.78 is 15.9. The van der Waals surface area contributed by atoms with Crippen molar-refractivity contribution in [2.45, 2.75) is 302 Å². The fraction of sp³-hybridized carbons (Fsp3) is 0.941. The molecule has 59 heavy (non-hydrogen) atoms. The molecule has 0 fully saturated rings. The van der Waals surface area contributed by atoms with Crippen LogP contribution in [0, 0.1) is 0 Å². The molecule has 0 bridgehead atoms. The average molecular weight is 856 g/mol. The second kappa shape index (κ2) is 46.8. The Hall–Kier alpha value is -0.720. The van der Waals surface area contributed by atoms with Crippen LogP contribution in [-0.4, -0.2) is 39.6 Å². The van der Waals surface area contributed by atoms with E-state index in [0.717, 1.165) is 38.5 Å². The fourth-order valence-corrected chi connectivity index (χ4v) is 8.64. The van der Waals surface area contributed by atoms with Crippen LogP contribution in [0.3, 0.4) is 0 Å². The SMILES string of the molecule is CCCCCCCCC/C=C/[C@@H](O)[C@H](COP(=O)(O)O)NC(=O)CCCCCCCCCCCCCCCCCCCCCCCCCCCCCCCCCCCC. The molecule has 0 aliphatic heterocycles. The van der Waals surface area contributed by atoms with E-state index in [1.807, 2.05) is 6.08 Å². The van der Waals surface area contributed by atoms with Gasteiger partial charge in [0.15, 0.2) is 0 Å². The molecule has 8 heteroatoms. The Balaban J connectivity index is 3.56. The number of phosphoric ester groups is 1. The largest absolute Gasteiger partial charge is 0.469 e. The zero-order chi connectivity index (χ0) is 43.2. The third-order valence-electron chi connectivity index (χ3n) is 12.2. The minimum Gasteiger partial charge on any atom is -0.387 e. The van der Waals surface area contributed by atoms with Crippen molar-refractivity contribution in [3.05, 3.63) is 12.2 Å². The maximum absolute atomic E-state index is 12.6.